The Labute approximate surface area is 152 Å². The van der Waals surface area contributed by atoms with Gasteiger partial charge in [-0.15, -0.1) is 0 Å². The van der Waals surface area contributed by atoms with Crippen molar-refractivity contribution < 1.29 is 19.4 Å². The van der Waals surface area contributed by atoms with Crippen LogP contribution in [0, 0.1) is 0 Å². The van der Waals surface area contributed by atoms with Crippen LogP contribution in [0.25, 0.3) is 16.5 Å². The fraction of sp³-hybridized carbons (Fsp3) is 0.421. The monoisotopic (exact) mass is 357 g/mol. The zero-order valence-electron chi connectivity index (χ0n) is 15.4. The smallest absolute Gasteiger partial charge is 0.410 e. The first-order valence-electron chi connectivity index (χ1n) is 8.47. The molecule has 0 aliphatic carbocycles. The second-order valence-electron chi connectivity index (χ2n) is 7.17. The highest BCUT2D eigenvalue weighted by molar-refractivity contribution is 5.90. The standard InChI is InChI=1S/C19H23N3O4/c1-19(2,3)26-18(24)22-7-5-12(6-8-22)13-9-14-15(10-16(13)25-4)20-11-21-17(14)23/h5,9-11H,6-8H2,1-4H3,(H,20,21,23). The minimum atomic E-state index is -0.514. The molecule has 0 saturated carbocycles. The predicted octanol–water partition coefficient (Wildman–Crippen LogP) is 3.37. The summed E-state index contributed by atoms with van der Waals surface area (Å²) in [4.78, 5) is 21.9. The molecule has 0 bridgehead atoms. The number of hydrogen-bond acceptors (Lipinski definition) is 6. The van der Waals surface area contributed by atoms with Gasteiger partial charge in [0.2, 0.25) is 5.88 Å². The molecule has 0 saturated heterocycles. The maximum Gasteiger partial charge on any atom is 0.410 e. The van der Waals surface area contributed by atoms with E-state index in [1.54, 1.807) is 18.1 Å². The topological polar surface area (TPSA) is 84.8 Å². The van der Waals surface area contributed by atoms with Crippen LogP contribution in [0.15, 0.2) is 24.5 Å². The quantitative estimate of drug-likeness (QED) is 0.887. The first-order valence-corrected chi connectivity index (χ1v) is 8.47. The lowest BCUT2D eigenvalue weighted by molar-refractivity contribution is 0.0270. The Balaban J connectivity index is 1.88. The van der Waals surface area contributed by atoms with Gasteiger partial charge in [0, 0.05) is 24.7 Å². The van der Waals surface area contributed by atoms with E-state index >= 15 is 0 Å². The molecule has 0 fully saturated rings. The molecule has 1 amide bonds. The van der Waals surface area contributed by atoms with Gasteiger partial charge >= 0.3 is 6.09 Å². The lowest BCUT2D eigenvalue weighted by Gasteiger charge is -2.30. The summed E-state index contributed by atoms with van der Waals surface area (Å²) in [5.41, 5.74) is 2.02. The molecule has 0 radical (unpaired) electrons. The number of amides is 1. The first kappa shape index (κ1) is 18.0. The Morgan fingerprint density at radius 1 is 1.27 bits per heavy atom. The van der Waals surface area contributed by atoms with Crippen LogP contribution in [0.3, 0.4) is 0 Å². The normalized spacial score (nSPS) is 14.9. The Kier molecular flexibility index (Phi) is 4.71. The molecule has 26 heavy (non-hydrogen) atoms. The number of carbonyl (C=O) groups is 1. The minimum absolute atomic E-state index is 0.0642. The second kappa shape index (κ2) is 6.82. The van der Waals surface area contributed by atoms with Crippen molar-refractivity contribution in [1.29, 1.82) is 0 Å². The molecule has 7 heteroatoms. The van der Waals surface area contributed by atoms with Gasteiger partial charge < -0.3 is 19.5 Å². The number of hydrogen-bond donors (Lipinski definition) is 1. The molecule has 3 rings (SSSR count). The summed E-state index contributed by atoms with van der Waals surface area (Å²) in [5.74, 6) is 0.610. The number of rotatable bonds is 2. The number of aromatic hydroxyl groups is 1. The molecule has 1 aromatic carbocycles. The Morgan fingerprint density at radius 3 is 2.65 bits per heavy atom. The van der Waals surface area contributed by atoms with Crippen molar-refractivity contribution in [2.45, 2.75) is 32.8 Å². The SMILES string of the molecule is COc1cc2ncnc(O)c2cc1C1=CCN(C(=O)OC(C)(C)C)CC1. The lowest BCUT2D eigenvalue weighted by Crippen LogP contribution is -2.39. The van der Waals surface area contributed by atoms with Gasteiger partial charge in [0.15, 0.2) is 0 Å². The van der Waals surface area contributed by atoms with E-state index in [-0.39, 0.29) is 12.0 Å². The van der Waals surface area contributed by atoms with E-state index in [9.17, 15) is 9.90 Å². The predicted molar refractivity (Wildman–Crippen MR) is 98.2 cm³/mol. The van der Waals surface area contributed by atoms with Crippen molar-refractivity contribution in [3.8, 4) is 11.6 Å². The third kappa shape index (κ3) is 3.71. The highest BCUT2D eigenvalue weighted by atomic mass is 16.6. The molecule has 0 unspecified atom stereocenters. The number of benzene rings is 1. The number of ether oxygens (including phenoxy) is 2. The Hall–Kier alpha value is -2.83. The maximum atomic E-state index is 12.2. The number of aromatic nitrogens is 2. The molecule has 1 aliphatic heterocycles. The van der Waals surface area contributed by atoms with E-state index < -0.39 is 5.60 Å². The summed E-state index contributed by atoms with van der Waals surface area (Å²) < 4.78 is 10.9. The lowest BCUT2D eigenvalue weighted by atomic mass is 9.97. The average Bonchev–Trinajstić information content (AvgIpc) is 2.60. The van der Waals surface area contributed by atoms with E-state index in [4.69, 9.17) is 9.47 Å². The summed E-state index contributed by atoms with van der Waals surface area (Å²) in [6.07, 6.45) is 3.65. The summed E-state index contributed by atoms with van der Waals surface area (Å²) in [6.45, 7) is 6.57. The van der Waals surface area contributed by atoms with E-state index in [0.29, 0.717) is 36.2 Å². The Bertz CT molecular complexity index is 871. The largest absolute Gasteiger partial charge is 0.496 e. The number of carbonyl (C=O) groups excluding carboxylic acids is 1. The average molecular weight is 357 g/mol. The fourth-order valence-electron chi connectivity index (χ4n) is 2.90. The van der Waals surface area contributed by atoms with Crippen LogP contribution in [0.1, 0.15) is 32.8 Å². The van der Waals surface area contributed by atoms with Gasteiger partial charge in [-0.05, 0) is 38.8 Å². The van der Waals surface area contributed by atoms with Gasteiger partial charge in [-0.25, -0.2) is 14.8 Å². The van der Waals surface area contributed by atoms with Crippen molar-refractivity contribution in [2.24, 2.45) is 0 Å². The van der Waals surface area contributed by atoms with Crippen molar-refractivity contribution in [1.82, 2.24) is 14.9 Å². The third-order valence-corrected chi connectivity index (χ3v) is 4.14. The van der Waals surface area contributed by atoms with Gasteiger partial charge in [0.1, 0.15) is 17.7 Å². The molecule has 0 atom stereocenters. The highest BCUT2D eigenvalue weighted by Gasteiger charge is 2.25. The molecule has 1 aliphatic rings. The number of methoxy groups -OCH3 is 1. The zero-order chi connectivity index (χ0) is 18.9. The molecular formula is C19H23N3O4. The fourth-order valence-corrected chi connectivity index (χ4v) is 2.90. The molecule has 1 N–H and O–H groups in total. The molecular weight excluding hydrogens is 334 g/mol. The van der Waals surface area contributed by atoms with E-state index in [1.807, 2.05) is 32.9 Å². The van der Waals surface area contributed by atoms with Crippen molar-refractivity contribution in [2.75, 3.05) is 20.2 Å². The van der Waals surface area contributed by atoms with Crippen LogP contribution in [-0.2, 0) is 4.74 Å². The number of nitrogens with zero attached hydrogens (tertiary/aromatic N) is 3. The molecule has 0 spiro atoms. The van der Waals surface area contributed by atoms with Crippen LogP contribution in [0.5, 0.6) is 11.6 Å². The molecule has 2 aromatic rings. The van der Waals surface area contributed by atoms with Gasteiger partial charge in [-0.1, -0.05) is 6.08 Å². The maximum absolute atomic E-state index is 12.2. The van der Waals surface area contributed by atoms with E-state index in [2.05, 4.69) is 9.97 Å². The molecule has 7 nitrogen and oxygen atoms in total. The summed E-state index contributed by atoms with van der Waals surface area (Å²) in [6, 6.07) is 3.62. The van der Waals surface area contributed by atoms with Gasteiger partial charge in [0.25, 0.3) is 0 Å². The van der Waals surface area contributed by atoms with E-state index in [0.717, 1.165) is 11.1 Å². The minimum Gasteiger partial charge on any atom is -0.496 e. The van der Waals surface area contributed by atoms with Crippen LogP contribution < -0.4 is 4.74 Å². The van der Waals surface area contributed by atoms with Crippen LogP contribution in [0.4, 0.5) is 4.79 Å². The molecule has 1 aromatic heterocycles. The van der Waals surface area contributed by atoms with Crippen LogP contribution in [0.2, 0.25) is 0 Å². The van der Waals surface area contributed by atoms with Gasteiger partial charge in [-0.2, -0.15) is 0 Å². The van der Waals surface area contributed by atoms with Crippen LogP contribution >= 0.6 is 0 Å². The van der Waals surface area contributed by atoms with Gasteiger partial charge in [-0.3, -0.25) is 0 Å². The van der Waals surface area contributed by atoms with Crippen LogP contribution in [-0.4, -0.2) is 51.9 Å². The third-order valence-electron chi connectivity index (χ3n) is 4.14. The Morgan fingerprint density at radius 2 is 2.04 bits per heavy atom. The molecule has 2 heterocycles. The first-order chi connectivity index (χ1) is 12.3. The second-order valence-corrected chi connectivity index (χ2v) is 7.17. The van der Waals surface area contributed by atoms with Crippen molar-refractivity contribution >= 4 is 22.6 Å². The van der Waals surface area contributed by atoms with Crippen molar-refractivity contribution in [3.05, 3.63) is 30.1 Å². The van der Waals surface area contributed by atoms with Gasteiger partial charge in [0.05, 0.1) is 18.0 Å². The van der Waals surface area contributed by atoms with Crippen molar-refractivity contribution in [3.63, 3.8) is 0 Å². The highest BCUT2D eigenvalue weighted by Crippen LogP contribution is 2.35. The number of fused-ring (bicyclic) bond motifs is 1. The van der Waals surface area contributed by atoms with E-state index in [1.165, 1.54) is 6.33 Å². The molecule has 138 valence electrons. The summed E-state index contributed by atoms with van der Waals surface area (Å²) >= 11 is 0. The summed E-state index contributed by atoms with van der Waals surface area (Å²) in [5, 5.41) is 10.6. The zero-order valence-corrected chi connectivity index (χ0v) is 15.4. The summed E-state index contributed by atoms with van der Waals surface area (Å²) in [7, 11) is 1.60.